The van der Waals surface area contributed by atoms with Crippen LogP contribution in [0.25, 0.3) is 0 Å². The summed E-state index contributed by atoms with van der Waals surface area (Å²) in [5, 5.41) is 11.1. The molecule has 2 atom stereocenters. The summed E-state index contributed by atoms with van der Waals surface area (Å²) in [6.07, 6.45) is 4.24. The average molecular weight is 309 g/mol. The molecular weight excluding hydrogens is 285 g/mol. The van der Waals surface area contributed by atoms with Crippen LogP contribution in [0, 0.1) is 5.92 Å². The molecule has 2 aliphatic rings. The van der Waals surface area contributed by atoms with Gasteiger partial charge in [-0.05, 0) is 0 Å². The van der Waals surface area contributed by atoms with Crippen LogP contribution in [0.1, 0.15) is 25.7 Å². The molecule has 0 radical (unpaired) electrons. The summed E-state index contributed by atoms with van der Waals surface area (Å²) in [6, 6.07) is 0.396. The van der Waals surface area contributed by atoms with E-state index in [2.05, 4.69) is 15.1 Å². The van der Waals surface area contributed by atoms with Crippen LogP contribution in [0.5, 0.6) is 0 Å². The number of hydrogen-bond donors (Lipinski definition) is 2. The molecule has 1 aliphatic heterocycles. The van der Waals surface area contributed by atoms with Crippen molar-refractivity contribution in [3.05, 3.63) is 0 Å². The van der Waals surface area contributed by atoms with Crippen LogP contribution >= 0.6 is 0 Å². The van der Waals surface area contributed by atoms with Gasteiger partial charge in [0.25, 0.3) is 0 Å². The van der Waals surface area contributed by atoms with Gasteiger partial charge in [0.1, 0.15) is 0 Å². The number of nitrogens with one attached hydrogen (secondary N) is 1. The standard InChI is InChI=1S/C14H24BN3O4/c19-13(20)9-16-14(21)11-2-1-3-12(8-11)18-6-4-17(5-7-18)10-15-22/h11-12H,1-10H2,(H,16,21)(H,19,20). The maximum atomic E-state index is 12.0. The molecule has 0 bridgehead atoms. The SMILES string of the molecule is O=BCN1CCN(C2CCCC(C(=O)NCC(=O)O)C2)CC1. The third-order valence-electron chi connectivity index (χ3n) is 4.69. The van der Waals surface area contributed by atoms with Gasteiger partial charge in [0, 0.05) is 0 Å². The Morgan fingerprint density at radius 3 is 2.55 bits per heavy atom. The van der Waals surface area contributed by atoms with E-state index in [1.165, 1.54) is 0 Å². The number of amides is 1. The monoisotopic (exact) mass is 309 g/mol. The zero-order chi connectivity index (χ0) is 15.9. The molecule has 1 heterocycles. The van der Waals surface area contributed by atoms with E-state index in [0.717, 1.165) is 59.0 Å². The van der Waals surface area contributed by atoms with Crippen LogP contribution in [-0.4, -0.2) is 79.1 Å². The van der Waals surface area contributed by atoms with Crippen LogP contribution in [-0.2, 0) is 14.3 Å². The van der Waals surface area contributed by atoms with Crippen LogP contribution in [0.2, 0.25) is 0 Å². The Hall–Kier alpha value is -1.28. The Morgan fingerprint density at radius 2 is 1.91 bits per heavy atom. The Labute approximate surface area is 131 Å². The molecule has 0 aromatic carbocycles. The number of hydrogen-bond acceptors (Lipinski definition) is 5. The van der Waals surface area contributed by atoms with Gasteiger partial charge >= 0.3 is 120 Å². The summed E-state index contributed by atoms with van der Waals surface area (Å²) >= 11 is 0. The van der Waals surface area contributed by atoms with Gasteiger partial charge in [0.2, 0.25) is 0 Å². The fourth-order valence-electron chi connectivity index (χ4n) is 3.46. The van der Waals surface area contributed by atoms with Gasteiger partial charge in [0.15, 0.2) is 0 Å². The first-order valence-corrected chi connectivity index (χ1v) is 7.99. The molecule has 1 aliphatic carbocycles. The van der Waals surface area contributed by atoms with Crippen LogP contribution in [0.15, 0.2) is 0 Å². The van der Waals surface area contributed by atoms with E-state index in [1.807, 2.05) is 0 Å². The van der Waals surface area contributed by atoms with Crippen molar-refractivity contribution in [2.75, 3.05) is 39.2 Å². The fourth-order valence-corrected chi connectivity index (χ4v) is 3.46. The Bertz CT molecular complexity index is 413. The summed E-state index contributed by atoms with van der Waals surface area (Å²) in [7, 11) is 0.944. The molecule has 0 spiro atoms. The summed E-state index contributed by atoms with van der Waals surface area (Å²) in [5.41, 5.74) is 0. The van der Waals surface area contributed by atoms with Crippen molar-refractivity contribution in [1.82, 2.24) is 15.1 Å². The molecule has 0 aromatic rings. The number of nitrogens with zero attached hydrogens (tertiary/aromatic N) is 2. The molecule has 2 unspecified atom stereocenters. The zero-order valence-electron chi connectivity index (χ0n) is 12.9. The first kappa shape index (κ1) is 17.1. The molecule has 8 heteroatoms. The van der Waals surface area contributed by atoms with Gasteiger partial charge in [-0.3, -0.25) is 4.79 Å². The normalized spacial score (nSPS) is 27.1. The van der Waals surface area contributed by atoms with Crippen molar-refractivity contribution in [2.24, 2.45) is 5.92 Å². The Morgan fingerprint density at radius 1 is 1.18 bits per heavy atom. The van der Waals surface area contributed by atoms with Gasteiger partial charge in [-0.2, -0.15) is 0 Å². The second kappa shape index (κ2) is 8.38. The summed E-state index contributed by atoms with van der Waals surface area (Å²) < 4.78 is 10.5. The quantitative estimate of drug-likeness (QED) is 0.635. The molecule has 1 saturated heterocycles. The zero-order valence-corrected chi connectivity index (χ0v) is 12.9. The summed E-state index contributed by atoms with van der Waals surface area (Å²) in [4.78, 5) is 27.1. The van der Waals surface area contributed by atoms with E-state index >= 15 is 0 Å². The molecule has 0 aromatic heterocycles. The van der Waals surface area contributed by atoms with E-state index in [0.29, 0.717) is 12.5 Å². The molecule has 122 valence electrons. The summed E-state index contributed by atoms with van der Waals surface area (Å²) in [6.45, 7) is 3.35. The van der Waals surface area contributed by atoms with Gasteiger partial charge in [0.05, 0.1) is 0 Å². The van der Waals surface area contributed by atoms with E-state index in [4.69, 9.17) is 5.11 Å². The number of carboxylic acid groups (broad SMARTS) is 1. The molecule has 22 heavy (non-hydrogen) atoms. The first-order chi connectivity index (χ1) is 10.6. The van der Waals surface area contributed by atoms with Crippen molar-refractivity contribution in [3.8, 4) is 0 Å². The topological polar surface area (TPSA) is 90.0 Å². The molecule has 2 fully saturated rings. The van der Waals surface area contributed by atoms with E-state index < -0.39 is 5.97 Å². The minimum atomic E-state index is -1.01. The molecule has 7 nitrogen and oxygen atoms in total. The second-order valence-corrected chi connectivity index (χ2v) is 6.13. The third kappa shape index (κ3) is 4.88. The van der Waals surface area contributed by atoms with E-state index in [9.17, 15) is 14.3 Å². The number of piperazine rings is 1. The third-order valence-corrected chi connectivity index (χ3v) is 4.69. The van der Waals surface area contributed by atoms with Crippen molar-refractivity contribution >= 4 is 19.0 Å². The summed E-state index contributed by atoms with van der Waals surface area (Å²) in [5.74, 6) is -1.22. The number of carboxylic acids is 1. The predicted octanol–water partition coefficient (Wildman–Crippen LogP) is -0.629. The number of carbonyl (C=O) groups is 2. The Balaban J connectivity index is 1.79. The van der Waals surface area contributed by atoms with Crippen LogP contribution < -0.4 is 5.32 Å². The van der Waals surface area contributed by atoms with Gasteiger partial charge in [-0.25, -0.2) is 0 Å². The van der Waals surface area contributed by atoms with Gasteiger partial charge < -0.3 is 5.11 Å². The van der Waals surface area contributed by atoms with Crippen LogP contribution in [0.4, 0.5) is 0 Å². The minimum absolute atomic E-state index is 0.0777. The van der Waals surface area contributed by atoms with Crippen LogP contribution in [0.3, 0.4) is 0 Å². The van der Waals surface area contributed by atoms with Crippen molar-refractivity contribution in [2.45, 2.75) is 31.7 Å². The molecule has 2 rings (SSSR count). The fraction of sp³-hybridized carbons (Fsp3) is 0.857. The average Bonchev–Trinajstić information content (AvgIpc) is 2.54. The second-order valence-electron chi connectivity index (χ2n) is 6.13. The van der Waals surface area contributed by atoms with Crippen molar-refractivity contribution in [1.29, 1.82) is 0 Å². The van der Waals surface area contributed by atoms with E-state index in [-0.39, 0.29) is 18.4 Å². The number of rotatable bonds is 6. The number of carbonyl (C=O) groups excluding carboxylic acids is 1. The molecule has 1 saturated carbocycles. The maximum absolute atomic E-state index is 12.0. The van der Waals surface area contributed by atoms with Gasteiger partial charge in [-0.1, -0.05) is 0 Å². The van der Waals surface area contributed by atoms with Crippen molar-refractivity contribution in [3.63, 3.8) is 0 Å². The number of aliphatic carboxylic acids is 1. The molecule has 2 N–H and O–H groups in total. The van der Waals surface area contributed by atoms with E-state index in [1.54, 1.807) is 0 Å². The van der Waals surface area contributed by atoms with Crippen molar-refractivity contribution < 1.29 is 19.4 Å². The predicted molar refractivity (Wildman–Crippen MR) is 80.8 cm³/mol. The molecule has 1 amide bonds. The first-order valence-electron chi connectivity index (χ1n) is 7.99. The van der Waals surface area contributed by atoms with Gasteiger partial charge in [-0.15, -0.1) is 0 Å². The molecular formula is C14H24BN3O4. The Kier molecular flexibility index (Phi) is 6.51.